The Kier molecular flexibility index (Phi) is 3.27. The SMILES string of the molecule is COc1ccccc1CNc1ccc2c(c1)CCO2. The van der Waals surface area contributed by atoms with Crippen LogP contribution in [-0.4, -0.2) is 13.7 Å². The highest BCUT2D eigenvalue weighted by atomic mass is 16.5. The Bertz CT molecular complexity index is 581. The lowest BCUT2D eigenvalue weighted by atomic mass is 10.1. The fraction of sp³-hybridized carbons (Fsp3) is 0.250. The second-order valence-electron chi connectivity index (χ2n) is 4.59. The summed E-state index contributed by atoms with van der Waals surface area (Å²) < 4.78 is 10.9. The molecule has 2 aromatic carbocycles. The van der Waals surface area contributed by atoms with E-state index in [0.29, 0.717) is 0 Å². The molecule has 3 heteroatoms. The molecule has 0 saturated heterocycles. The van der Waals surface area contributed by atoms with Crippen LogP contribution in [0.5, 0.6) is 11.5 Å². The molecule has 1 aliphatic heterocycles. The predicted octanol–water partition coefficient (Wildman–Crippen LogP) is 3.24. The van der Waals surface area contributed by atoms with Crippen LogP contribution in [0.2, 0.25) is 0 Å². The molecule has 0 aliphatic carbocycles. The molecule has 0 spiro atoms. The number of hydrogen-bond donors (Lipinski definition) is 1. The second kappa shape index (κ2) is 5.22. The Hall–Kier alpha value is -2.16. The average Bonchev–Trinajstić information content (AvgIpc) is 2.93. The second-order valence-corrected chi connectivity index (χ2v) is 4.59. The minimum atomic E-state index is 0.754. The maximum absolute atomic E-state index is 5.50. The van der Waals surface area contributed by atoms with Crippen molar-refractivity contribution in [3.63, 3.8) is 0 Å². The number of anilines is 1. The summed E-state index contributed by atoms with van der Waals surface area (Å²) in [6.45, 7) is 1.55. The molecule has 1 N–H and O–H groups in total. The lowest BCUT2D eigenvalue weighted by Crippen LogP contribution is -2.01. The first kappa shape index (κ1) is 11.9. The van der Waals surface area contributed by atoms with E-state index in [2.05, 4.69) is 23.5 Å². The van der Waals surface area contributed by atoms with Gasteiger partial charge in [0, 0.05) is 24.2 Å². The molecule has 98 valence electrons. The highest BCUT2D eigenvalue weighted by Crippen LogP contribution is 2.28. The van der Waals surface area contributed by atoms with Crippen LogP contribution >= 0.6 is 0 Å². The van der Waals surface area contributed by atoms with Crippen LogP contribution in [0.4, 0.5) is 5.69 Å². The molecular formula is C16H17NO2. The Morgan fingerprint density at radius 1 is 1.21 bits per heavy atom. The van der Waals surface area contributed by atoms with Gasteiger partial charge in [0.05, 0.1) is 13.7 Å². The lowest BCUT2D eigenvalue weighted by molar-refractivity contribution is 0.357. The van der Waals surface area contributed by atoms with E-state index in [1.165, 1.54) is 5.56 Å². The molecule has 1 aliphatic rings. The summed E-state index contributed by atoms with van der Waals surface area (Å²) in [5, 5.41) is 3.43. The summed E-state index contributed by atoms with van der Waals surface area (Å²) in [5.74, 6) is 1.93. The third kappa shape index (κ3) is 2.50. The Labute approximate surface area is 113 Å². The van der Waals surface area contributed by atoms with E-state index < -0.39 is 0 Å². The molecule has 2 aromatic rings. The van der Waals surface area contributed by atoms with E-state index >= 15 is 0 Å². The Morgan fingerprint density at radius 2 is 2.11 bits per heavy atom. The van der Waals surface area contributed by atoms with Crippen LogP contribution in [0.1, 0.15) is 11.1 Å². The van der Waals surface area contributed by atoms with Crippen LogP contribution in [0, 0.1) is 0 Å². The molecule has 19 heavy (non-hydrogen) atoms. The molecule has 3 rings (SSSR count). The molecule has 3 nitrogen and oxygen atoms in total. The van der Waals surface area contributed by atoms with Crippen molar-refractivity contribution in [1.29, 1.82) is 0 Å². The first-order chi connectivity index (χ1) is 9.36. The molecule has 1 heterocycles. The fourth-order valence-electron chi connectivity index (χ4n) is 2.34. The monoisotopic (exact) mass is 255 g/mol. The molecule has 0 bridgehead atoms. The van der Waals surface area contributed by atoms with Crippen LogP contribution in [0.3, 0.4) is 0 Å². The summed E-state index contributed by atoms with van der Waals surface area (Å²) >= 11 is 0. The van der Waals surface area contributed by atoms with Crippen LogP contribution in [0.15, 0.2) is 42.5 Å². The number of ether oxygens (including phenoxy) is 2. The average molecular weight is 255 g/mol. The van der Waals surface area contributed by atoms with E-state index in [1.54, 1.807) is 7.11 Å². The molecule has 0 atom stereocenters. The van der Waals surface area contributed by atoms with Gasteiger partial charge in [-0.1, -0.05) is 18.2 Å². The topological polar surface area (TPSA) is 30.5 Å². The normalized spacial score (nSPS) is 12.7. The number of methoxy groups -OCH3 is 1. The van der Waals surface area contributed by atoms with Crippen molar-refractivity contribution in [1.82, 2.24) is 0 Å². The van der Waals surface area contributed by atoms with E-state index in [9.17, 15) is 0 Å². The zero-order valence-corrected chi connectivity index (χ0v) is 11.0. The molecular weight excluding hydrogens is 238 g/mol. The summed E-state index contributed by atoms with van der Waals surface area (Å²) in [4.78, 5) is 0. The molecule has 0 unspecified atom stereocenters. The summed E-state index contributed by atoms with van der Waals surface area (Å²) in [6, 6.07) is 14.3. The first-order valence-corrected chi connectivity index (χ1v) is 6.48. The Morgan fingerprint density at radius 3 is 3.00 bits per heavy atom. The van der Waals surface area contributed by atoms with E-state index in [-0.39, 0.29) is 0 Å². The molecule has 0 saturated carbocycles. The van der Waals surface area contributed by atoms with Crippen LogP contribution < -0.4 is 14.8 Å². The standard InChI is InChI=1S/C16H17NO2/c1-18-15-5-3-2-4-13(15)11-17-14-6-7-16-12(10-14)8-9-19-16/h2-7,10,17H,8-9,11H2,1H3. The van der Waals surface area contributed by atoms with Gasteiger partial charge >= 0.3 is 0 Å². The molecule has 0 aromatic heterocycles. The van der Waals surface area contributed by atoms with Gasteiger partial charge in [-0.2, -0.15) is 0 Å². The number of para-hydroxylation sites is 1. The maximum atomic E-state index is 5.50. The van der Waals surface area contributed by atoms with Crippen LogP contribution in [0.25, 0.3) is 0 Å². The molecule has 0 fully saturated rings. The van der Waals surface area contributed by atoms with Gasteiger partial charge in [0.1, 0.15) is 11.5 Å². The van der Waals surface area contributed by atoms with Crippen molar-refractivity contribution in [3.05, 3.63) is 53.6 Å². The molecule has 0 radical (unpaired) electrons. The largest absolute Gasteiger partial charge is 0.496 e. The minimum absolute atomic E-state index is 0.754. The van der Waals surface area contributed by atoms with Gasteiger partial charge in [0.15, 0.2) is 0 Å². The number of rotatable bonds is 4. The van der Waals surface area contributed by atoms with Gasteiger partial charge < -0.3 is 14.8 Å². The van der Waals surface area contributed by atoms with Gasteiger partial charge in [-0.05, 0) is 29.8 Å². The van der Waals surface area contributed by atoms with Crippen molar-refractivity contribution in [2.45, 2.75) is 13.0 Å². The van der Waals surface area contributed by atoms with Crippen molar-refractivity contribution in [2.75, 3.05) is 19.0 Å². The lowest BCUT2D eigenvalue weighted by Gasteiger charge is -2.11. The highest BCUT2D eigenvalue weighted by molar-refractivity contribution is 5.53. The van der Waals surface area contributed by atoms with Gasteiger partial charge in [0.2, 0.25) is 0 Å². The number of fused-ring (bicyclic) bond motifs is 1. The van der Waals surface area contributed by atoms with Gasteiger partial charge in [-0.25, -0.2) is 0 Å². The van der Waals surface area contributed by atoms with Crippen LogP contribution in [-0.2, 0) is 13.0 Å². The fourth-order valence-corrected chi connectivity index (χ4v) is 2.34. The maximum Gasteiger partial charge on any atom is 0.123 e. The van der Waals surface area contributed by atoms with Crippen molar-refractivity contribution < 1.29 is 9.47 Å². The quantitative estimate of drug-likeness (QED) is 0.909. The van der Waals surface area contributed by atoms with E-state index in [4.69, 9.17) is 9.47 Å². The predicted molar refractivity (Wildman–Crippen MR) is 76.0 cm³/mol. The number of nitrogens with one attached hydrogen (secondary N) is 1. The summed E-state index contributed by atoms with van der Waals surface area (Å²) in [7, 11) is 1.70. The van der Waals surface area contributed by atoms with E-state index in [1.807, 2.05) is 24.3 Å². The highest BCUT2D eigenvalue weighted by Gasteiger charge is 2.11. The summed E-state index contributed by atoms with van der Waals surface area (Å²) in [5.41, 5.74) is 3.56. The number of benzene rings is 2. The zero-order chi connectivity index (χ0) is 13.1. The smallest absolute Gasteiger partial charge is 0.123 e. The van der Waals surface area contributed by atoms with Gasteiger partial charge in [0.25, 0.3) is 0 Å². The van der Waals surface area contributed by atoms with Gasteiger partial charge in [-0.15, -0.1) is 0 Å². The first-order valence-electron chi connectivity index (χ1n) is 6.48. The number of hydrogen-bond acceptors (Lipinski definition) is 3. The minimum Gasteiger partial charge on any atom is -0.496 e. The van der Waals surface area contributed by atoms with E-state index in [0.717, 1.165) is 42.3 Å². The van der Waals surface area contributed by atoms with Gasteiger partial charge in [-0.3, -0.25) is 0 Å². The third-order valence-electron chi connectivity index (χ3n) is 3.36. The van der Waals surface area contributed by atoms with Crippen molar-refractivity contribution in [2.24, 2.45) is 0 Å². The molecule has 0 amide bonds. The summed E-state index contributed by atoms with van der Waals surface area (Å²) in [6.07, 6.45) is 1.000. The zero-order valence-electron chi connectivity index (χ0n) is 11.0. The van der Waals surface area contributed by atoms with Crippen molar-refractivity contribution in [3.8, 4) is 11.5 Å². The Balaban J connectivity index is 1.72. The van der Waals surface area contributed by atoms with Crippen molar-refractivity contribution >= 4 is 5.69 Å². The third-order valence-corrected chi connectivity index (χ3v) is 3.36.